The van der Waals surface area contributed by atoms with E-state index in [-0.39, 0.29) is 31.3 Å². The summed E-state index contributed by atoms with van der Waals surface area (Å²) in [5, 5.41) is 33.9. The second-order valence-corrected chi connectivity index (χ2v) is 8.71. The van der Waals surface area contributed by atoms with E-state index in [4.69, 9.17) is 5.73 Å². The van der Waals surface area contributed by atoms with Crippen LogP contribution in [0.3, 0.4) is 0 Å². The van der Waals surface area contributed by atoms with E-state index >= 15 is 0 Å². The number of guanidine groups is 1. The van der Waals surface area contributed by atoms with Crippen LogP contribution >= 0.6 is 15.9 Å². The first kappa shape index (κ1) is 29.1. The van der Waals surface area contributed by atoms with Crippen LogP contribution in [-0.4, -0.2) is 58.5 Å². The van der Waals surface area contributed by atoms with Gasteiger partial charge in [-0.15, -0.1) is 0 Å². The van der Waals surface area contributed by atoms with Crippen LogP contribution in [0.15, 0.2) is 39.8 Å². The van der Waals surface area contributed by atoms with Crippen LogP contribution in [0.25, 0.3) is 6.08 Å². The standard InChI is InChI=1S/C20H30BBrN6O6/c1-13(2)12-17(21(31)32)26-19(30)16(8-5-11-24-20(23)27-28(33)34)25-18(29)10-9-14-6-3-4-7-15(14)22/h3-4,6-7,9-10,13,16-17,31-32H,5,8,11-12H2,1-2H3,(H,25,29)(H,26,30)(H3,23,24,27)/t16-,17-/m0/s1. The van der Waals surface area contributed by atoms with Gasteiger partial charge in [0.05, 0.1) is 5.94 Å². The molecule has 1 aromatic rings. The van der Waals surface area contributed by atoms with Gasteiger partial charge in [0.15, 0.2) is 5.03 Å². The molecule has 34 heavy (non-hydrogen) atoms. The second-order valence-electron chi connectivity index (χ2n) is 7.85. The summed E-state index contributed by atoms with van der Waals surface area (Å²) in [7, 11) is -1.77. The van der Waals surface area contributed by atoms with Crippen LogP contribution in [0.2, 0.25) is 0 Å². The van der Waals surface area contributed by atoms with Crippen molar-refractivity contribution in [3.8, 4) is 0 Å². The Bertz CT molecular complexity index is 898. The van der Waals surface area contributed by atoms with Crippen LogP contribution in [0.1, 0.15) is 38.7 Å². The number of halogens is 1. The zero-order valence-corrected chi connectivity index (χ0v) is 20.6. The van der Waals surface area contributed by atoms with Crippen molar-refractivity contribution in [3.63, 3.8) is 0 Å². The van der Waals surface area contributed by atoms with Gasteiger partial charge in [-0.1, -0.05) is 53.4 Å². The van der Waals surface area contributed by atoms with Crippen molar-refractivity contribution in [2.45, 2.75) is 45.1 Å². The first-order valence-electron chi connectivity index (χ1n) is 10.6. The minimum atomic E-state index is -1.77. The van der Waals surface area contributed by atoms with Crippen molar-refractivity contribution in [2.75, 3.05) is 6.54 Å². The maximum absolute atomic E-state index is 12.8. The molecule has 0 aliphatic heterocycles. The average Bonchev–Trinajstić information content (AvgIpc) is 2.73. The van der Waals surface area contributed by atoms with Crippen LogP contribution in [0, 0.1) is 16.0 Å². The number of carbonyl (C=O) groups excluding carboxylic acids is 2. The molecule has 2 atom stereocenters. The summed E-state index contributed by atoms with van der Waals surface area (Å²) in [4.78, 5) is 39.5. The number of nitrogens with one attached hydrogen (secondary N) is 3. The van der Waals surface area contributed by atoms with Crippen LogP contribution in [0.5, 0.6) is 0 Å². The Morgan fingerprint density at radius 1 is 1.29 bits per heavy atom. The Kier molecular flexibility index (Phi) is 12.9. The van der Waals surface area contributed by atoms with Crippen LogP contribution < -0.4 is 21.8 Å². The Balaban J connectivity index is 2.88. The first-order chi connectivity index (χ1) is 16.0. The van der Waals surface area contributed by atoms with Gasteiger partial charge < -0.3 is 26.4 Å². The van der Waals surface area contributed by atoms with E-state index in [0.29, 0.717) is 6.42 Å². The van der Waals surface area contributed by atoms with Gasteiger partial charge in [0.1, 0.15) is 6.04 Å². The van der Waals surface area contributed by atoms with Crippen LogP contribution in [0.4, 0.5) is 0 Å². The number of rotatable bonds is 13. The van der Waals surface area contributed by atoms with Gasteiger partial charge in [-0.3, -0.25) is 9.59 Å². The summed E-state index contributed by atoms with van der Waals surface area (Å²) in [6.07, 6.45) is 3.58. The highest BCUT2D eigenvalue weighted by Gasteiger charge is 2.29. The SMILES string of the molecule is CC(C)C[C@H](NC(=O)[C@H](CCCN=C(N)N[N+](=O)[O-])NC(=O)C=Cc1ccccc1Br)B(O)O. The van der Waals surface area contributed by atoms with Gasteiger partial charge in [0.2, 0.25) is 11.8 Å². The largest absolute Gasteiger partial charge is 0.475 e. The third kappa shape index (κ3) is 11.8. The smallest absolute Gasteiger partial charge is 0.426 e. The molecule has 0 heterocycles. The lowest BCUT2D eigenvalue weighted by molar-refractivity contribution is -0.525. The molecule has 0 unspecified atom stereocenters. The Labute approximate surface area is 206 Å². The molecule has 2 amide bonds. The lowest BCUT2D eigenvalue weighted by Crippen LogP contribution is -2.54. The molecule has 7 N–H and O–H groups in total. The molecule has 0 saturated heterocycles. The molecule has 0 aromatic heterocycles. The first-order valence-corrected chi connectivity index (χ1v) is 11.4. The van der Waals surface area contributed by atoms with Gasteiger partial charge in [-0.2, -0.15) is 0 Å². The van der Waals surface area contributed by atoms with Crippen molar-refractivity contribution in [1.82, 2.24) is 16.1 Å². The fraction of sp³-hybridized carbons (Fsp3) is 0.450. The van der Waals surface area contributed by atoms with Crippen LogP contribution in [-0.2, 0) is 9.59 Å². The quantitative estimate of drug-likeness (QED) is 0.0392. The molecule has 186 valence electrons. The van der Waals surface area contributed by atoms with Gasteiger partial charge in [-0.05, 0) is 42.9 Å². The molecular formula is C20H30BBrN6O6. The number of benzene rings is 1. The zero-order chi connectivity index (χ0) is 25.7. The predicted molar refractivity (Wildman–Crippen MR) is 133 cm³/mol. The van der Waals surface area contributed by atoms with Crippen molar-refractivity contribution in [2.24, 2.45) is 16.6 Å². The Morgan fingerprint density at radius 3 is 2.56 bits per heavy atom. The molecule has 1 aromatic carbocycles. The number of nitrogens with two attached hydrogens (primary N) is 1. The molecule has 0 saturated carbocycles. The van der Waals surface area contributed by atoms with E-state index < -0.39 is 35.9 Å². The normalized spacial score (nSPS) is 13.4. The lowest BCUT2D eigenvalue weighted by atomic mass is 9.75. The highest BCUT2D eigenvalue weighted by Crippen LogP contribution is 2.17. The molecule has 0 aliphatic rings. The molecule has 0 fully saturated rings. The van der Waals surface area contributed by atoms with E-state index in [9.17, 15) is 29.8 Å². The van der Waals surface area contributed by atoms with E-state index in [1.807, 2.05) is 32.0 Å². The minimum absolute atomic E-state index is 0.0666. The summed E-state index contributed by atoms with van der Waals surface area (Å²) < 4.78 is 0.792. The zero-order valence-electron chi connectivity index (χ0n) is 19.0. The molecule has 0 radical (unpaired) electrons. The number of amides is 2. The third-order valence-corrected chi connectivity index (χ3v) is 5.23. The molecule has 1 rings (SSSR count). The summed E-state index contributed by atoms with van der Waals surface area (Å²) >= 11 is 3.38. The van der Waals surface area contributed by atoms with Gasteiger partial charge in [-0.25, -0.2) is 15.1 Å². The Hall–Kier alpha value is -2.97. The van der Waals surface area contributed by atoms with E-state index in [2.05, 4.69) is 31.6 Å². The van der Waals surface area contributed by atoms with Crippen molar-refractivity contribution < 1.29 is 24.7 Å². The molecule has 12 nitrogen and oxygen atoms in total. The number of hydrogen-bond donors (Lipinski definition) is 6. The molecule has 0 bridgehead atoms. The average molecular weight is 541 g/mol. The molecular weight excluding hydrogens is 511 g/mol. The Morgan fingerprint density at radius 2 is 1.97 bits per heavy atom. The highest BCUT2D eigenvalue weighted by molar-refractivity contribution is 9.10. The summed E-state index contributed by atoms with van der Waals surface area (Å²) in [6.45, 7) is 3.81. The second kappa shape index (κ2) is 15.0. The van der Waals surface area contributed by atoms with E-state index in [1.165, 1.54) is 6.08 Å². The minimum Gasteiger partial charge on any atom is -0.426 e. The monoisotopic (exact) mass is 540 g/mol. The summed E-state index contributed by atoms with van der Waals surface area (Å²) in [5.41, 5.74) is 7.84. The van der Waals surface area contributed by atoms with Crippen molar-refractivity contribution in [3.05, 3.63) is 50.5 Å². The fourth-order valence-corrected chi connectivity index (χ4v) is 3.35. The molecule has 0 spiro atoms. The van der Waals surface area contributed by atoms with Crippen molar-refractivity contribution >= 4 is 46.9 Å². The maximum atomic E-state index is 12.8. The van der Waals surface area contributed by atoms with Gasteiger partial charge in [0.25, 0.3) is 5.96 Å². The topological polar surface area (TPSA) is 192 Å². The molecule has 0 aliphatic carbocycles. The summed E-state index contributed by atoms with van der Waals surface area (Å²) in [6, 6.07) is 6.26. The predicted octanol–water partition coefficient (Wildman–Crippen LogP) is 0.366. The number of nitrogens with zero attached hydrogens (tertiary/aromatic N) is 2. The third-order valence-electron chi connectivity index (χ3n) is 4.50. The van der Waals surface area contributed by atoms with Gasteiger partial charge >= 0.3 is 7.12 Å². The summed E-state index contributed by atoms with van der Waals surface area (Å²) in [5.74, 6) is -2.34. The number of hydrogen-bond acceptors (Lipinski definition) is 7. The lowest BCUT2D eigenvalue weighted by Gasteiger charge is -2.23. The van der Waals surface area contributed by atoms with Gasteiger partial charge in [0, 0.05) is 17.1 Å². The fourth-order valence-electron chi connectivity index (χ4n) is 2.93. The van der Waals surface area contributed by atoms with E-state index in [1.54, 1.807) is 17.6 Å². The van der Waals surface area contributed by atoms with Crippen molar-refractivity contribution in [1.29, 1.82) is 0 Å². The van der Waals surface area contributed by atoms with E-state index in [0.717, 1.165) is 10.0 Å². The number of hydrazine groups is 1. The number of aliphatic imine (C=N–C) groups is 1. The number of nitro groups is 1. The number of carbonyl (C=O) groups is 2. The molecule has 14 heteroatoms. The highest BCUT2D eigenvalue weighted by atomic mass is 79.9. The maximum Gasteiger partial charge on any atom is 0.475 e.